The van der Waals surface area contributed by atoms with Gasteiger partial charge in [-0.3, -0.25) is 0 Å². The molecule has 0 bridgehead atoms. The van der Waals surface area contributed by atoms with Crippen LogP contribution in [0, 0.1) is 0 Å². The lowest BCUT2D eigenvalue weighted by Gasteiger charge is -2.32. The largest absolute Gasteiger partial charge is 0.492 e. The van der Waals surface area contributed by atoms with E-state index in [1.807, 2.05) is 33.8 Å². The van der Waals surface area contributed by atoms with Crippen molar-refractivity contribution in [2.75, 3.05) is 24.6 Å². The maximum absolute atomic E-state index is 9.74. The number of nitrogens with zero attached hydrogens (tertiary/aromatic N) is 3. The van der Waals surface area contributed by atoms with E-state index in [0.717, 1.165) is 24.6 Å². The smallest absolute Gasteiger partial charge is 0.400 e. The van der Waals surface area contributed by atoms with Crippen molar-refractivity contribution in [3.8, 4) is 0 Å². The molecule has 1 aromatic rings. The SMILES string of the molecule is CC1(C)OB(C(=Cc2cnc(N3CCCC3)nc2)CO)OC1(C)C. The van der Waals surface area contributed by atoms with Crippen molar-refractivity contribution in [3.05, 3.63) is 23.4 Å². The van der Waals surface area contributed by atoms with Gasteiger partial charge in [-0.15, -0.1) is 0 Å². The van der Waals surface area contributed by atoms with E-state index in [0.29, 0.717) is 5.47 Å². The molecule has 0 saturated carbocycles. The molecule has 2 aliphatic rings. The van der Waals surface area contributed by atoms with Gasteiger partial charge in [0, 0.05) is 31.0 Å². The van der Waals surface area contributed by atoms with E-state index in [-0.39, 0.29) is 6.61 Å². The Labute approximate surface area is 144 Å². The Morgan fingerprint density at radius 2 is 1.71 bits per heavy atom. The third-order valence-electron chi connectivity index (χ3n) is 5.14. The van der Waals surface area contributed by atoms with Crippen molar-refractivity contribution in [2.24, 2.45) is 0 Å². The molecule has 6 nitrogen and oxygen atoms in total. The monoisotopic (exact) mass is 331 g/mol. The first-order valence-corrected chi connectivity index (χ1v) is 8.56. The molecule has 3 heterocycles. The number of aliphatic hydroxyl groups excluding tert-OH is 1. The summed E-state index contributed by atoms with van der Waals surface area (Å²) in [7, 11) is -0.557. The average molecular weight is 331 g/mol. The molecule has 0 unspecified atom stereocenters. The molecule has 0 radical (unpaired) electrons. The number of anilines is 1. The van der Waals surface area contributed by atoms with Crippen LogP contribution in [-0.2, 0) is 9.31 Å². The zero-order chi connectivity index (χ0) is 17.4. The van der Waals surface area contributed by atoms with Gasteiger partial charge in [-0.05, 0) is 46.0 Å². The first-order valence-electron chi connectivity index (χ1n) is 8.56. The van der Waals surface area contributed by atoms with E-state index in [9.17, 15) is 5.11 Å². The molecule has 0 atom stereocenters. The highest BCUT2D eigenvalue weighted by atomic mass is 16.7. The molecule has 7 heteroatoms. The average Bonchev–Trinajstić information content (AvgIpc) is 3.12. The third kappa shape index (κ3) is 3.34. The minimum Gasteiger partial charge on any atom is -0.400 e. The van der Waals surface area contributed by atoms with Crippen molar-refractivity contribution in [3.63, 3.8) is 0 Å². The Kier molecular flexibility index (Phi) is 4.68. The topological polar surface area (TPSA) is 67.7 Å². The van der Waals surface area contributed by atoms with Crippen LogP contribution in [0.4, 0.5) is 5.95 Å². The minimum atomic E-state index is -0.557. The predicted octanol–water partition coefficient (Wildman–Crippen LogP) is 2.08. The number of aliphatic hydroxyl groups is 1. The first-order chi connectivity index (χ1) is 11.3. The van der Waals surface area contributed by atoms with Crippen LogP contribution in [-0.4, -0.2) is 53.1 Å². The van der Waals surface area contributed by atoms with Gasteiger partial charge in [-0.2, -0.15) is 0 Å². The summed E-state index contributed by atoms with van der Waals surface area (Å²) in [5.74, 6) is 0.769. The summed E-state index contributed by atoms with van der Waals surface area (Å²) in [6.07, 6.45) is 7.79. The van der Waals surface area contributed by atoms with Gasteiger partial charge in [0.25, 0.3) is 0 Å². The predicted molar refractivity (Wildman–Crippen MR) is 94.6 cm³/mol. The van der Waals surface area contributed by atoms with Crippen molar-refractivity contribution >= 4 is 19.1 Å². The first kappa shape index (κ1) is 17.4. The van der Waals surface area contributed by atoms with Gasteiger partial charge in [-0.1, -0.05) is 6.08 Å². The van der Waals surface area contributed by atoms with E-state index >= 15 is 0 Å². The van der Waals surface area contributed by atoms with E-state index in [2.05, 4.69) is 14.9 Å². The molecule has 1 aromatic heterocycles. The molecule has 2 aliphatic heterocycles. The number of hydrogen-bond donors (Lipinski definition) is 1. The maximum Gasteiger partial charge on any atom is 0.492 e. The molecule has 24 heavy (non-hydrogen) atoms. The minimum absolute atomic E-state index is 0.134. The molecule has 0 aliphatic carbocycles. The molecule has 130 valence electrons. The van der Waals surface area contributed by atoms with Crippen molar-refractivity contribution < 1.29 is 14.4 Å². The van der Waals surface area contributed by atoms with Crippen LogP contribution in [0.5, 0.6) is 0 Å². The summed E-state index contributed by atoms with van der Waals surface area (Å²) in [5, 5.41) is 9.74. The Morgan fingerprint density at radius 3 is 2.21 bits per heavy atom. The number of aromatic nitrogens is 2. The van der Waals surface area contributed by atoms with Gasteiger partial charge in [-0.25, -0.2) is 9.97 Å². The summed E-state index contributed by atoms with van der Waals surface area (Å²) < 4.78 is 12.0. The van der Waals surface area contributed by atoms with Gasteiger partial charge in [0.1, 0.15) is 0 Å². The molecule has 2 fully saturated rings. The molecular formula is C17H26BN3O3. The van der Waals surface area contributed by atoms with Crippen LogP contribution in [0.25, 0.3) is 6.08 Å². The van der Waals surface area contributed by atoms with Crippen LogP contribution in [0.15, 0.2) is 17.9 Å². The molecule has 0 spiro atoms. The van der Waals surface area contributed by atoms with Crippen LogP contribution in [0.3, 0.4) is 0 Å². The maximum atomic E-state index is 9.74. The van der Waals surface area contributed by atoms with Crippen LogP contribution >= 0.6 is 0 Å². The molecule has 0 aromatic carbocycles. The standard InChI is InChI=1S/C17H26BN3O3/c1-16(2)17(3,4)24-18(23-16)14(12-22)9-13-10-19-15(20-11-13)21-7-5-6-8-21/h9-11,22H,5-8,12H2,1-4H3. The normalized spacial score (nSPS) is 23.1. The van der Waals surface area contributed by atoms with Crippen molar-refractivity contribution in [1.29, 1.82) is 0 Å². The van der Waals surface area contributed by atoms with Crippen LogP contribution < -0.4 is 4.90 Å². The van der Waals surface area contributed by atoms with Gasteiger partial charge < -0.3 is 19.3 Å². The summed E-state index contributed by atoms with van der Waals surface area (Å²) in [6, 6.07) is 0. The van der Waals surface area contributed by atoms with Gasteiger partial charge >= 0.3 is 7.12 Å². The summed E-state index contributed by atoms with van der Waals surface area (Å²) in [4.78, 5) is 11.1. The van der Waals surface area contributed by atoms with E-state index in [4.69, 9.17) is 9.31 Å². The summed E-state index contributed by atoms with van der Waals surface area (Å²) in [5.41, 5.74) is 0.646. The summed E-state index contributed by atoms with van der Waals surface area (Å²) >= 11 is 0. The molecule has 2 saturated heterocycles. The highest BCUT2D eigenvalue weighted by molar-refractivity contribution is 6.55. The second-order valence-electron chi connectivity index (χ2n) is 7.48. The zero-order valence-electron chi connectivity index (χ0n) is 15.0. The van der Waals surface area contributed by atoms with E-state index < -0.39 is 18.3 Å². The molecule has 0 amide bonds. The lowest BCUT2D eigenvalue weighted by molar-refractivity contribution is 0.00578. The Balaban J connectivity index is 1.76. The second-order valence-corrected chi connectivity index (χ2v) is 7.48. The third-order valence-corrected chi connectivity index (χ3v) is 5.14. The number of hydrogen-bond acceptors (Lipinski definition) is 6. The van der Waals surface area contributed by atoms with Gasteiger partial charge in [0.05, 0.1) is 17.8 Å². The lowest BCUT2D eigenvalue weighted by atomic mass is 9.78. The van der Waals surface area contributed by atoms with Crippen LogP contribution in [0.2, 0.25) is 0 Å². The van der Waals surface area contributed by atoms with E-state index in [1.54, 1.807) is 12.4 Å². The van der Waals surface area contributed by atoms with Crippen molar-refractivity contribution in [1.82, 2.24) is 9.97 Å². The highest BCUT2D eigenvalue weighted by Gasteiger charge is 2.52. The van der Waals surface area contributed by atoms with Crippen molar-refractivity contribution in [2.45, 2.75) is 51.7 Å². The fraction of sp³-hybridized carbons (Fsp3) is 0.647. The second kappa shape index (κ2) is 6.46. The molecule has 3 rings (SSSR count). The summed E-state index contributed by atoms with van der Waals surface area (Å²) in [6.45, 7) is 9.89. The molecule has 1 N–H and O–H groups in total. The fourth-order valence-electron chi connectivity index (χ4n) is 2.88. The van der Waals surface area contributed by atoms with Crippen LogP contribution in [0.1, 0.15) is 46.1 Å². The zero-order valence-corrected chi connectivity index (χ0v) is 15.0. The lowest BCUT2D eigenvalue weighted by Crippen LogP contribution is -2.41. The Hall–Kier alpha value is -1.44. The number of rotatable bonds is 4. The van der Waals surface area contributed by atoms with Gasteiger partial charge in [0.15, 0.2) is 0 Å². The molecular weight excluding hydrogens is 305 g/mol. The Bertz CT molecular complexity index is 594. The Morgan fingerprint density at radius 1 is 1.17 bits per heavy atom. The highest BCUT2D eigenvalue weighted by Crippen LogP contribution is 2.38. The fourth-order valence-corrected chi connectivity index (χ4v) is 2.88. The van der Waals surface area contributed by atoms with Gasteiger partial charge in [0.2, 0.25) is 5.95 Å². The van der Waals surface area contributed by atoms with E-state index in [1.165, 1.54) is 12.8 Å². The quantitative estimate of drug-likeness (QED) is 0.852.